The zero-order chi connectivity index (χ0) is 15.4. The third-order valence-corrected chi connectivity index (χ3v) is 4.42. The predicted molar refractivity (Wildman–Crippen MR) is 83.7 cm³/mol. The summed E-state index contributed by atoms with van der Waals surface area (Å²) in [7, 11) is 0. The van der Waals surface area contributed by atoms with Crippen molar-refractivity contribution in [1.29, 1.82) is 0 Å². The van der Waals surface area contributed by atoms with Gasteiger partial charge in [-0.05, 0) is 25.3 Å². The molecule has 0 spiro atoms. The molecule has 21 heavy (non-hydrogen) atoms. The van der Waals surface area contributed by atoms with Gasteiger partial charge in [-0.25, -0.2) is 4.79 Å². The van der Waals surface area contributed by atoms with Gasteiger partial charge in [0.25, 0.3) is 5.56 Å². The van der Waals surface area contributed by atoms with E-state index in [0.717, 1.165) is 28.7 Å². The van der Waals surface area contributed by atoms with Crippen LogP contribution >= 0.6 is 11.3 Å². The van der Waals surface area contributed by atoms with E-state index in [2.05, 4.69) is 11.9 Å². The van der Waals surface area contributed by atoms with Crippen molar-refractivity contribution in [3.63, 3.8) is 0 Å². The minimum atomic E-state index is -0.432. The van der Waals surface area contributed by atoms with Crippen LogP contribution in [0.25, 0.3) is 10.2 Å². The van der Waals surface area contributed by atoms with Crippen molar-refractivity contribution in [2.75, 3.05) is 0 Å². The van der Waals surface area contributed by atoms with Crippen LogP contribution in [0.4, 0.5) is 0 Å². The molecule has 0 radical (unpaired) electrons. The lowest BCUT2D eigenvalue weighted by molar-refractivity contribution is -0.118. The number of nitrogens with zero attached hydrogens (tertiary/aromatic N) is 1. The number of carbonyl (C=O) groups is 1. The summed E-state index contributed by atoms with van der Waals surface area (Å²) in [6.45, 7) is 2.31. The molecule has 2 heterocycles. The van der Waals surface area contributed by atoms with Gasteiger partial charge in [-0.2, -0.15) is 0 Å². The summed E-state index contributed by atoms with van der Waals surface area (Å²) in [5.74, 6) is -0.432. The van der Waals surface area contributed by atoms with Crippen molar-refractivity contribution in [2.24, 2.45) is 5.73 Å². The smallest absolute Gasteiger partial charge is 0.329 e. The van der Waals surface area contributed by atoms with Crippen LogP contribution in [-0.2, 0) is 17.8 Å². The average Bonchev–Trinajstić information content (AvgIpc) is 2.83. The van der Waals surface area contributed by atoms with Crippen LogP contribution in [0.2, 0.25) is 0 Å². The molecule has 0 aliphatic rings. The molecule has 2 rings (SSSR count). The first kappa shape index (κ1) is 15.5. The highest BCUT2D eigenvalue weighted by atomic mass is 32.1. The van der Waals surface area contributed by atoms with Crippen molar-refractivity contribution in [3.8, 4) is 0 Å². The number of hydrogen-bond acceptors (Lipinski definition) is 4. The predicted octanol–water partition coefficient (Wildman–Crippen LogP) is 1.36. The Morgan fingerprint density at radius 2 is 2.14 bits per heavy atom. The molecule has 1 amide bonds. The summed E-state index contributed by atoms with van der Waals surface area (Å²) < 4.78 is 1.14. The second kappa shape index (κ2) is 6.71. The normalized spacial score (nSPS) is 11.1. The monoisotopic (exact) mass is 309 g/mol. The molecule has 6 nitrogen and oxygen atoms in total. The fourth-order valence-corrected chi connectivity index (χ4v) is 3.26. The van der Waals surface area contributed by atoms with Crippen LogP contribution in [0.5, 0.6) is 0 Å². The molecule has 7 heteroatoms. The number of primary amides is 1. The van der Waals surface area contributed by atoms with Crippen LogP contribution in [0.3, 0.4) is 0 Å². The summed E-state index contributed by atoms with van der Waals surface area (Å²) in [4.78, 5) is 39.5. The van der Waals surface area contributed by atoms with Gasteiger partial charge >= 0.3 is 5.69 Å². The maximum atomic E-state index is 12.3. The molecule has 0 saturated carbocycles. The van der Waals surface area contributed by atoms with Gasteiger partial charge in [0.15, 0.2) is 0 Å². The number of hydrogen-bond donors (Lipinski definition) is 2. The number of aryl methyl sites for hydroxylation is 1. The Morgan fingerprint density at radius 3 is 2.81 bits per heavy atom. The number of fused-ring (bicyclic) bond motifs is 1. The molecule has 0 aliphatic heterocycles. The maximum absolute atomic E-state index is 12.3. The van der Waals surface area contributed by atoms with E-state index in [1.54, 1.807) is 0 Å². The molecular formula is C14H19N3O3S. The van der Waals surface area contributed by atoms with Crippen LogP contribution < -0.4 is 17.0 Å². The first-order valence-corrected chi connectivity index (χ1v) is 7.88. The first-order chi connectivity index (χ1) is 10.0. The molecule has 3 N–H and O–H groups in total. The number of aromatic amines is 1. The van der Waals surface area contributed by atoms with Crippen molar-refractivity contribution in [3.05, 3.63) is 31.8 Å². The van der Waals surface area contributed by atoms with E-state index in [-0.39, 0.29) is 18.5 Å². The molecule has 0 unspecified atom stereocenters. The standard InChI is InChI=1S/C14H19N3O3S/c1-2-3-5-9-8-10-12(21-9)16-14(20)17(13(10)19)7-4-6-11(15)18/h8H,2-7H2,1H3,(H2,15,18)(H,16,20). The number of thiophene rings is 1. The van der Waals surface area contributed by atoms with E-state index in [1.807, 2.05) is 6.07 Å². The number of nitrogens with one attached hydrogen (secondary N) is 1. The van der Waals surface area contributed by atoms with E-state index >= 15 is 0 Å². The van der Waals surface area contributed by atoms with Gasteiger partial charge in [0.05, 0.1) is 5.39 Å². The second-order valence-corrected chi connectivity index (χ2v) is 6.15. The minimum Gasteiger partial charge on any atom is -0.370 e. The summed E-state index contributed by atoms with van der Waals surface area (Å²) in [5, 5.41) is 0.546. The number of rotatable bonds is 7. The number of carbonyl (C=O) groups excluding carboxylic acids is 1. The SMILES string of the molecule is CCCCc1cc2c(=O)n(CCCC(N)=O)c(=O)[nH]c2s1. The van der Waals surface area contributed by atoms with E-state index < -0.39 is 11.6 Å². The van der Waals surface area contributed by atoms with Gasteiger partial charge in [0, 0.05) is 17.8 Å². The first-order valence-electron chi connectivity index (χ1n) is 7.06. The zero-order valence-electron chi connectivity index (χ0n) is 12.0. The zero-order valence-corrected chi connectivity index (χ0v) is 12.8. The summed E-state index contributed by atoms with van der Waals surface area (Å²) >= 11 is 1.46. The molecule has 114 valence electrons. The number of H-pyrrole nitrogens is 1. The highest BCUT2D eigenvalue weighted by Crippen LogP contribution is 2.21. The quantitative estimate of drug-likeness (QED) is 0.808. The molecule has 0 bridgehead atoms. The van der Waals surface area contributed by atoms with Crippen molar-refractivity contribution < 1.29 is 4.79 Å². The van der Waals surface area contributed by atoms with Crippen molar-refractivity contribution >= 4 is 27.5 Å². The Kier molecular flexibility index (Phi) is 4.95. The number of aromatic nitrogens is 2. The van der Waals surface area contributed by atoms with Gasteiger partial charge in [-0.3, -0.25) is 19.1 Å². The molecule has 2 aromatic heterocycles. The average molecular weight is 309 g/mol. The number of nitrogens with two attached hydrogens (primary N) is 1. The Morgan fingerprint density at radius 1 is 1.38 bits per heavy atom. The summed E-state index contributed by atoms with van der Waals surface area (Å²) in [5.41, 5.74) is 4.34. The topological polar surface area (TPSA) is 97.9 Å². The number of amides is 1. The van der Waals surface area contributed by atoms with E-state index in [0.29, 0.717) is 16.6 Å². The second-order valence-electron chi connectivity index (χ2n) is 5.02. The molecule has 2 aromatic rings. The molecule has 0 aliphatic carbocycles. The Labute approximate surface area is 125 Å². The third-order valence-electron chi connectivity index (χ3n) is 3.31. The van der Waals surface area contributed by atoms with Gasteiger partial charge in [-0.15, -0.1) is 11.3 Å². The van der Waals surface area contributed by atoms with E-state index in [4.69, 9.17) is 5.73 Å². The van der Waals surface area contributed by atoms with Crippen LogP contribution in [0, 0.1) is 0 Å². The molecule has 0 atom stereocenters. The lowest BCUT2D eigenvalue weighted by Gasteiger charge is -2.03. The maximum Gasteiger partial charge on any atom is 0.329 e. The van der Waals surface area contributed by atoms with Crippen LogP contribution in [-0.4, -0.2) is 15.5 Å². The largest absolute Gasteiger partial charge is 0.370 e. The van der Waals surface area contributed by atoms with E-state index in [9.17, 15) is 14.4 Å². The highest BCUT2D eigenvalue weighted by Gasteiger charge is 2.11. The Balaban J connectivity index is 2.32. The fraction of sp³-hybridized carbons (Fsp3) is 0.500. The Bertz CT molecular complexity index is 757. The Hall–Kier alpha value is -1.89. The lowest BCUT2D eigenvalue weighted by Crippen LogP contribution is -2.34. The molecule has 0 fully saturated rings. The summed E-state index contributed by atoms with van der Waals surface area (Å²) in [6, 6.07) is 1.86. The molecular weight excluding hydrogens is 290 g/mol. The van der Waals surface area contributed by atoms with E-state index in [1.165, 1.54) is 11.3 Å². The minimum absolute atomic E-state index is 0.162. The van der Waals surface area contributed by atoms with Crippen LogP contribution in [0.15, 0.2) is 15.7 Å². The lowest BCUT2D eigenvalue weighted by atomic mass is 10.2. The van der Waals surface area contributed by atoms with Gasteiger partial charge < -0.3 is 5.73 Å². The third kappa shape index (κ3) is 3.60. The molecule has 0 saturated heterocycles. The van der Waals surface area contributed by atoms with Gasteiger partial charge in [-0.1, -0.05) is 13.3 Å². The fourth-order valence-electron chi connectivity index (χ4n) is 2.18. The highest BCUT2D eigenvalue weighted by molar-refractivity contribution is 7.18. The van der Waals surface area contributed by atoms with Crippen molar-refractivity contribution in [1.82, 2.24) is 9.55 Å². The number of unbranched alkanes of at least 4 members (excludes halogenated alkanes) is 1. The summed E-state index contributed by atoms with van der Waals surface area (Å²) in [6.07, 6.45) is 3.61. The van der Waals surface area contributed by atoms with Crippen LogP contribution in [0.1, 0.15) is 37.5 Å². The van der Waals surface area contributed by atoms with Gasteiger partial charge in [0.1, 0.15) is 4.83 Å². The van der Waals surface area contributed by atoms with Gasteiger partial charge in [0.2, 0.25) is 5.91 Å². The van der Waals surface area contributed by atoms with Crippen molar-refractivity contribution in [2.45, 2.75) is 45.6 Å². The molecule has 0 aromatic carbocycles.